The highest BCUT2D eigenvalue weighted by Crippen LogP contribution is 2.22. The first-order valence-corrected chi connectivity index (χ1v) is 3.77. The van der Waals surface area contributed by atoms with Gasteiger partial charge in [0, 0.05) is 6.07 Å². The van der Waals surface area contributed by atoms with E-state index in [1.54, 1.807) is 6.92 Å². The van der Waals surface area contributed by atoms with Crippen molar-refractivity contribution in [1.82, 2.24) is 4.98 Å². The first kappa shape index (κ1) is 9.06. The van der Waals surface area contributed by atoms with Crippen LogP contribution in [0.5, 0.6) is 5.88 Å². The van der Waals surface area contributed by atoms with Crippen LogP contribution in [0.15, 0.2) is 6.07 Å². The van der Waals surface area contributed by atoms with Gasteiger partial charge in [0.25, 0.3) is 0 Å². The molecule has 0 aromatic carbocycles. The van der Waals surface area contributed by atoms with Gasteiger partial charge >= 0.3 is 0 Å². The van der Waals surface area contributed by atoms with Crippen molar-refractivity contribution in [2.75, 3.05) is 12.3 Å². The first-order valence-electron chi connectivity index (χ1n) is 3.39. The van der Waals surface area contributed by atoms with Gasteiger partial charge in [-0.3, -0.25) is 0 Å². The van der Waals surface area contributed by atoms with Crippen LogP contribution in [0.1, 0.15) is 6.92 Å². The zero-order valence-corrected chi connectivity index (χ0v) is 7.23. The summed E-state index contributed by atoms with van der Waals surface area (Å²) in [4.78, 5) is 3.61. The molecule has 0 saturated carbocycles. The SMILES string of the molecule is CCOc1cc(N)c(F)c(Cl)n1. The quantitative estimate of drug-likeness (QED) is 0.725. The van der Waals surface area contributed by atoms with Gasteiger partial charge in [0.1, 0.15) is 0 Å². The van der Waals surface area contributed by atoms with Crippen LogP contribution in [0.4, 0.5) is 10.1 Å². The molecule has 0 radical (unpaired) electrons. The molecule has 5 heteroatoms. The third-order valence-corrected chi connectivity index (χ3v) is 1.46. The molecule has 2 N–H and O–H groups in total. The normalized spacial score (nSPS) is 9.92. The lowest BCUT2D eigenvalue weighted by atomic mass is 10.4. The van der Waals surface area contributed by atoms with Crippen molar-refractivity contribution >= 4 is 17.3 Å². The molecule has 1 aromatic heterocycles. The molecule has 0 aliphatic carbocycles. The Morgan fingerprint density at radius 1 is 1.75 bits per heavy atom. The topological polar surface area (TPSA) is 48.1 Å². The van der Waals surface area contributed by atoms with Gasteiger partial charge in [0.05, 0.1) is 12.3 Å². The molecule has 0 atom stereocenters. The fraction of sp³-hybridized carbons (Fsp3) is 0.286. The summed E-state index contributed by atoms with van der Waals surface area (Å²) in [7, 11) is 0. The Balaban J connectivity index is 3.04. The fourth-order valence-corrected chi connectivity index (χ4v) is 0.908. The Morgan fingerprint density at radius 2 is 2.42 bits per heavy atom. The second-order valence-electron chi connectivity index (χ2n) is 2.09. The van der Waals surface area contributed by atoms with Crippen LogP contribution in [0, 0.1) is 5.82 Å². The molecular weight excluding hydrogens is 183 g/mol. The number of halogens is 2. The number of ether oxygens (including phenoxy) is 1. The second-order valence-corrected chi connectivity index (χ2v) is 2.45. The van der Waals surface area contributed by atoms with Gasteiger partial charge < -0.3 is 10.5 Å². The third-order valence-electron chi connectivity index (χ3n) is 1.21. The number of nitrogens with two attached hydrogens (primary N) is 1. The van der Waals surface area contributed by atoms with Crippen molar-refractivity contribution in [1.29, 1.82) is 0 Å². The van der Waals surface area contributed by atoms with Gasteiger partial charge in [0.15, 0.2) is 11.0 Å². The van der Waals surface area contributed by atoms with E-state index < -0.39 is 5.82 Å². The van der Waals surface area contributed by atoms with E-state index in [1.165, 1.54) is 6.07 Å². The number of nitrogen functional groups attached to an aromatic ring is 1. The van der Waals surface area contributed by atoms with Crippen LogP contribution in [0.2, 0.25) is 5.15 Å². The van der Waals surface area contributed by atoms with Gasteiger partial charge in [-0.2, -0.15) is 4.98 Å². The summed E-state index contributed by atoms with van der Waals surface area (Å²) in [5.41, 5.74) is 5.22. The number of pyridine rings is 1. The summed E-state index contributed by atoms with van der Waals surface area (Å²) < 4.78 is 17.8. The molecule has 3 nitrogen and oxygen atoms in total. The molecule has 0 aliphatic heterocycles. The number of rotatable bonds is 2. The smallest absolute Gasteiger partial charge is 0.216 e. The molecule has 0 fully saturated rings. The maximum Gasteiger partial charge on any atom is 0.216 e. The fourth-order valence-electron chi connectivity index (χ4n) is 0.715. The van der Waals surface area contributed by atoms with E-state index in [2.05, 4.69) is 4.98 Å². The van der Waals surface area contributed by atoms with Crippen LogP contribution in [-0.2, 0) is 0 Å². The maximum absolute atomic E-state index is 12.8. The molecule has 0 bridgehead atoms. The number of nitrogens with zero attached hydrogens (tertiary/aromatic N) is 1. The lowest BCUT2D eigenvalue weighted by Crippen LogP contribution is -1.99. The predicted octanol–water partition coefficient (Wildman–Crippen LogP) is 1.85. The monoisotopic (exact) mass is 190 g/mol. The summed E-state index contributed by atoms with van der Waals surface area (Å²) >= 11 is 5.41. The highest BCUT2D eigenvalue weighted by Gasteiger charge is 2.08. The zero-order valence-electron chi connectivity index (χ0n) is 6.47. The largest absolute Gasteiger partial charge is 0.478 e. The van der Waals surface area contributed by atoms with Gasteiger partial charge in [0.2, 0.25) is 5.88 Å². The van der Waals surface area contributed by atoms with E-state index in [0.29, 0.717) is 6.61 Å². The summed E-state index contributed by atoms with van der Waals surface area (Å²) in [5.74, 6) is -0.471. The second kappa shape index (κ2) is 3.58. The van der Waals surface area contributed by atoms with Crippen molar-refractivity contribution in [3.8, 4) is 5.88 Å². The molecule has 1 rings (SSSR count). The standard InChI is InChI=1S/C7H8ClFN2O/c1-2-12-5-3-4(10)6(9)7(8)11-5/h3H,2H2,1H3,(H2,10,11). The molecule has 0 aliphatic rings. The molecular formula is C7H8ClFN2O. The Hall–Kier alpha value is -1.03. The molecule has 66 valence electrons. The number of hydrogen-bond donors (Lipinski definition) is 1. The average molecular weight is 191 g/mol. The van der Waals surface area contributed by atoms with Crippen molar-refractivity contribution in [2.24, 2.45) is 0 Å². The van der Waals surface area contributed by atoms with E-state index in [9.17, 15) is 4.39 Å². The summed E-state index contributed by atoms with van der Waals surface area (Å²) in [5, 5.41) is -0.265. The van der Waals surface area contributed by atoms with Crippen molar-refractivity contribution in [3.05, 3.63) is 17.0 Å². The highest BCUT2D eigenvalue weighted by molar-refractivity contribution is 6.29. The van der Waals surface area contributed by atoms with Crippen LogP contribution in [0.3, 0.4) is 0 Å². The Labute approximate surface area is 74.3 Å². The number of hydrogen-bond acceptors (Lipinski definition) is 3. The van der Waals surface area contributed by atoms with Gasteiger partial charge in [-0.25, -0.2) is 4.39 Å². The molecule has 12 heavy (non-hydrogen) atoms. The number of aromatic nitrogens is 1. The number of anilines is 1. The summed E-state index contributed by atoms with van der Waals surface area (Å²) in [6.07, 6.45) is 0. The van der Waals surface area contributed by atoms with E-state index in [-0.39, 0.29) is 16.7 Å². The van der Waals surface area contributed by atoms with Gasteiger partial charge in [-0.15, -0.1) is 0 Å². The van der Waals surface area contributed by atoms with E-state index >= 15 is 0 Å². The zero-order chi connectivity index (χ0) is 9.14. The predicted molar refractivity (Wildman–Crippen MR) is 44.8 cm³/mol. The van der Waals surface area contributed by atoms with Crippen molar-refractivity contribution < 1.29 is 9.13 Å². The molecule has 0 spiro atoms. The van der Waals surface area contributed by atoms with Crippen molar-refractivity contribution in [2.45, 2.75) is 6.92 Å². The minimum absolute atomic E-state index is 0.0570. The van der Waals surface area contributed by atoms with Gasteiger partial charge in [-0.1, -0.05) is 11.6 Å². The van der Waals surface area contributed by atoms with Crippen LogP contribution < -0.4 is 10.5 Å². The average Bonchev–Trinajstić information content (AvgIpc) is 2.01. The minimum atomic E-state index is -0.708. The Morgan fingerprint density at radius 3 is 2.92 bits per heavy atom. The summed E-state index contributed by atoms with van der Waals surface area (Å²) in [6.45, 7) is 2.23. The maximum atomic E-state index is 12.8. The molecule has 1 heterocycles. The molecule has 1 aromatic rings. The molecule has 0 saturated heterocycles. The minimum Gasteiger partial charge on any atom is -0.478 e. The van der Waals surface area contributed by atoms with Crippen LogP contribution in [-0.4, -0.2) is 11.6 Å². The van der Waals surface area contributed by atoms with E-state index in [0.717, 1.165) is 0 Å². The van der Waals surface area contributed by atoms with Crippen LogP contribution >= 0.6 is 11.6 Å². The third kappa shape index (κ3) is 1.76. The molecule has 0 amide bonds. The summed E-state index contributed by atoms with van der Waals surface area (Å²) in [6, 6.07) is 1.30. The molecule has 0 unspecified atom stereocenters. The Bertz CT molecular complexity index is 270. The van der Waals surface area contributed by atoms with E-state index in [1.807, 2.05) is 0 Å². The van der Waals surface area contributed by atoms with Crippen LogP contribution in [0.25, 0.3) is 0 Å². The van der Waals surface area contributed by atoms with E-state index in [4.69, 9.17) is 22.1 Å². The van der Waals surface area contributed by atoms with Crippen molar-refractivity contribution in [3.63, 3.8) is 0 Å². The lowest BCUT2D eigenvalue weighted by molar-refractivity contribution is 0.326. The first-order chi connectivity index (χ1) is 5.65. The van der Waals surface area contributed by atoms with Gasteiger partial charge in [-0.05, 0) is 6.92 Å². The lowest BCUT2D eigenvalue weighted by Gasteiger charge is -2.04. The highest BCUT2D eigenvalue weighted by atomic mass is 35.5. The Kier molecular flexibility index (Phi) is 2.70.